The van der Waals surface area contributed by atoms with Crippen molar-refractivity contribution in [3.05, 3.63) is 32.7 Å². The van der Waals surface area contributed by atoms with Crippen LogP contribution in [0.4, 0.5) is 0 Å². The number of carbonyl (C=O) groups is 1. The maximum atomic E-state index is 11.8. The Morgan fingerprint density at radius 2 is 2.13 bits per heavy atom. The number of hydrogen-bond acceptors (Lipinski definition) is 1. The van der Waals surface area contributed by atoms with Crippen LogP contribution < -0.4 is 5.32 Å². The van der Waals surface area contributed by atoms with E-state index in [2.05, 4.69) is 53.1 Å². The molecule has 0 aliphatic carbocycles. The predicted molar refractivity (Wildman–Crippen MR) is 72.6 cm³/mol. The Labute approximate surface area is 114 Å². The van der Waals surface area contributed by atoms with E-state index in [-0.39, 0.29) is 11.9 Å². The second-order valence-electron chi connectivity index (χ2n) is 3.15. The van der Waals surface area contributed by atoms with E-state index in [1.807, 2.05) is 19.1 Å². The average Bonchev–Trinajstić information content (AvgIpc) is 2.21. The molecule has 1 N–H and O–H groups in total. The monoisotopic (exact) mass is 397 g/mol. The van der Waals surface area contributed by atoms with Crippen LogP contribution in [0.25, 0.3) is 0 Å². The summed E-state index contributed by atoms with van der Waals surface area (Å²) in [6, 6.07) is 5.64. The van der Waals surface area contributed by atoms with Gasteiger partial charge >= 0.3 is 0 Å². The van der Waals surface area contributed by atoms with Crippen molar-refractivity contribution in [1.82, 2.24) is 5.32 Å². The van der Waals surface area contributed by atoms with Gasteiger partial charge in [-0.1, -0.05) is 31.9 Å². The van der Waals surface area contributed by atoms with E-state index in [4.69, 9.17) is 0 Å². The lowest BCUT2D eigenvalue weighted by Crippen LogP contribution is -2.33. The quantitative estimate of drug-likeness (QED) is 0.771. The third-order valence-electron chi connectivity index (χ3n) is 1.78. The van der Waals surface area contributed by atoms with Crippen LogP contribution in [0.1, 0.15) is 17.3 Å². The standard InChI is InChI=1S/C10H10Br3NO/c1-6(5-11)14-10(15)8-4-7(12)2-3-9(8)13/h2-4,6H,5H2,1H3,(H,14,15). The lowest BCUT2D eigenvalue weighted by Gasteiger charge is -2.11. The van der Waals surface area contributed by atoms with Crippen LogP contribution in [0.15, 0.2) is 27.1 Å². The van der Waals surface area contributed by atoms with Gasteiger partial charge in [0, 0.05) is 20.3 Å². The lowest BCUT2D eigenvalue weighted by molar-refractivity contribution is 0.0943. The lowest BCUT2D eigenvalue weighted by atomic mass is 10.2. The zero-order valence-corrected chi connectivity index (χ0v) is 12.8. The molecule has 15 heavy (non-hydrogen) atoms. The molecule has 0 aliphatic rings. The molecule has 0 saturated heterocycles. The number of nitrogens with one attached hydrogen (secondary N) is 1. The second kappa shape index (κ2) is 6.01. The van der Waals surface area contributed by atoms with E-state index in [9.17, 15) is 4.79 Å². The Bertz CT molecular complexity index is 368. The summed E-state index contributed by atoms with van der Waals surface area (Å²) in [5.41, 5.74) is 0.636. The normalized spacial score (nSPS) is 12.3. The number of alkyl halides is 1. The zero-order chi connectivity index (χ0) is 11.4. The fourth-order valence-electron chi connectivity index (χ4n) is 1.01. The van der Waals surface area contributed by atoms with Crippen molar-refractivity contribution in [2.24, 2.45) is 0 Å². The summed E-state index contributed by atoms with van der Waals surface area (Å²) in [7, 11) is 0. The van der Waals surface area contributed by atoms with Gasteiger partial charge in [-0.15, -0.1) is 0 Å². The molecule has 0 heterocycles. The van der Waals surface area contributed by atoms with Crippen LogP contribution in [0.3, 0.4) is 0 Å². The van der Waals surface area contributed by atoms with Gasteiger partial charge in [0.1, 0.15) is 0 Å². The Hall–Kier alpha value is 0.130. The molecule has 1 amide bonds. The van der Waals surface area contributed by atoms with Gasteiger partial charge in [-0.25, -0.2) is 0 Å². The van der Waals surface area contributed by atoms with E-state index in [1.165, 1.54) is 0 Å². The third kappa shape index (κ3) is 3.89. The molecule has 0 spiro atoms. The number of carbonyl (C=O) groups excluding carboxylic acids is 1. The summed E-state index contributed by atoms with van der Waals surface area (Å²) >= 11 is 10.0. The molecule has 1 aromatic rings. The molecule has 82 valence electrons. The van der Waals surface area contributed by atoms with E-state index in [0.29, 0.717) is 5.56 Å². The van der Waals surface area contributed by atoms with E-state index in [1.54, 1.807) is 6.07 Å². The maximum absolute atomic E-state index is 11.8. The molecular formula is C10H10Br3NO. The minimum absolute atomic E-state index is 0.0740. The van der Waals surface area contributed by atoms with E-state index in [0.717, 1.165) is 14.3 Å². The molecule has 2 nitrogen and oxygen atoms in total. The minimum Gasteiger partial charge on any atom is -0.349 e. The second-order valence-corrected chi connectivity index (χ2v) is 5.57. The predicted octanol–water partition coefficient (Wildman–Crippen LogP) is 3.72. The van der Waals surface area contributed by atoms with Crippen molar-refractivity contribution in [1.29, 1.82) is 0 Å². The smallest absolute Gasteiger partial charge is 0.252 e. The maximum Gasteiger partial charge on any atom is 0.252 e. The van der Waals surface area contributed by atoms with Crippen molar-refractivity contribution in [2.45, 2.75) is 13.0 Å². The van der Waals surface area contributed by atoms with Crippen molar-refractivity contribution in [3.8, 4) is 0 Å². The molecule has 1 rings (SSSR count). The molecule has 0 radical (unpaired) electrons. The number of rotatable bonds is 3. The van der Waals surface area contributed by atoms with Crippen LogP contribution in [-0.4, -0.2) is 17.3 Å². The highest BCUT2D eigenvalue weighted by molar-refractivity contribution is 9.11. The van der Waals surface area contributed by atoms with Crippen molar-refractivity contribution < 1.29 is 4.79 Å². The highest BCUT2D eigenvalue weighted by atomic mass is 79.9. The van der Waals surface area contributed by atoms with Gasteiger partial charge < -0.3 is 5.32 Å². The molecule has 5 heteroatoms. The van der Waals surface area contributed by atoms with E-state index >= 15 is 0 Å². The highest BCUT2D eigenvalue weighted by Gasteiger charge is 2.12. The molecule has 1 atom stereocenters. The number of halogens is 3. The van der Waals surface area contributed by atoms with Crippen molar-refractivity contribution in [2.75, 3.05) is 5.33 Å². The van der Waals surface area contributed by atoms with Gasteiger partial charge in [-0.3, -0.25) is 4.79 Å². The first kappa shape index (κ1) is 13.2. The molecule has 0 saturated carbocycles. The fraction of sp³-hybridized carbons (Fsp3) is 0.300. The Morgan fingerprint density at radius 1 is 1.47 bits per heavy atom. The number of hydrogen-bond donors (Lipinski definition) is 1. The van der Waals surface area contributed by atoms with Crippen LogP contribution in [0.5, 0.6) is 0 Å². The summed E-state index contributed by atoms with van der Waals surface area (Å²) in [4.78, 5) is 11.8. The van der Waals surface area contributed by atoms with Crippen molar-refractivity contribution in [3.63, 3.8) is 0 Å². The van der Waals surface area contributed by atoms with Gasteiger partial charge in [0.25, 0.3) is 5.91 Å². The first-order valence-electron chi connectivity index (χ1n) is 4.36. The molecular weight excluding hydrogens is 390 g/mol. The first-order valence-corrected chi connectivity index (χ1v) is 7.07. The van der Waals surface area contributed by atoms with Gasteiger partial charge in [-0.2, -0.15) is 0 Å². The largest absolute Gasteiger partial charge is 0.349 e. The zero-order valence-electron chi connectivity index (χ0n) is 8.06. The summed E-state index contributed by atoms with van der Waals surface area (Å²) in [5, 5.41) is 3.62. The Kier molecular flexibility index (Phi) is 5.29. The van der Waals surface area contributed by atoms with Crippen LogP contribution in [0.2, 0.25) is 0 Å². The summed E-state index contributed by atoms with van der Waals surface area (Å²) in [5.74, 6) is -0.0740. The Morgan fingerprint density at radius 3 is 2.73 bits per heavy atom. The van der Waals surface area contributed by atoms with Gasteiger partial charge in [0.05, 0.1) is 5.56 Å². The van der Waals surface area contributed by atoms with Crippen LogP contribution >= 0.6 is 47.8 Å². The minimum atomic E-state index is -0.0740. The van der Waals surface area contributed by atoms with Crippen LogP contribution in [0, 0.1) is 0 Å². The molecule has 0 fully saturated rings. The summed E-state index contributed by atoms with van der Waals surface area (Å²) < 4.78 is 1.69. The molecule has 0 aliphatic heterocycles. The number of amides is 1. The topological polar surface area (TPSA) is 29.1 Å². The molecule has 0 aromatic heterocycles. The van der Waals surface area contributed by atoms with Crippen LogP contribution in [-0.2, 0) is 0 Å². The fourth-order valence-corrected chi connectivity index (χ4v) is 1.96. The third-order valence-corrected chi connectivity index (χ3v) is 3.94. The number of benzene rings is 1. The first-order chi connectivity index (χ1) is 7.04. The highest BCUT2D eigenvalue weighted by Crippen LogP contribution is 2.21. The van der Waals surface area contributed by atoms with E-state index < -0.39 is 0 Å². The van der Waals surface area contributed by atoms with Crippen molar-refractivity contribution >= 4 is 53.7 Å². The van der Waals surface area contributed by atoms with Gasteiger partial charge in [0.15, 0.2) is 0 Å². The average molecular weight is 400 g/mol. The molecule has 1 unspecified atom stereocenters. The summed E-state index contributed by atoms with van der Waals surface area (Å²) in [6.07, 6.45) is 0. The molecule has 1 aromatic carbocycles. The SMILES string of the molecule is CC(CBr)NC(=O)c1cc(Br)ccc1Br. The molecule has 0 bridgehead atoms. The Balaban J connectivity index is 2.86. The van der Waals surface area contributed by atoms with Gasteiger partial charge in [0.2, 0.25) is 0 Å². The summed E-state index contributed by atoms with van der Waals surface area (Å²) in [6.45, 7) is 1.94. The van der Waals surface area contributed by atoms with Gasteiger partial charge in [-0.05, 0) is 41.1 Å².